The Morgan fingerprint density at radius 1 is 1.25 bits per heavy atom. The summed E-state index contributed by atoms with van der Waals surface area (Å²) in [6.45, 7) is 10.8. The first-order chi connectivity index (χ1) is 5.77. The van der Waals surface area contributed by atoms with Gasteiger partial charge >= 0.3 is 0 Å². The third kappa shape index (κ3) is 2.48. The monoisotopic (exact) mass is 169 g/mol. The molecule has 1 rings (SSSR count). The number of nitrogens with zero attached hydrogens (tertiary/aromatic N) is 1. The molecular formula is C11H23N. The number of rotatable bonds is 5. The molecule has 0 spiro atoms. The van der Waals surface area contributed by atoms with Gasteiger partial charge in [0, 0.05) is 6.54 Å². The van der Waals surface area contributed by atoms with Crippen LogP contribution in [0.2, 0.25) is 0 Å². The van der Waals surface area contributed by atoms with E-state index >= 15 is 0 Å². The van der Waals surface area contributed by atoms with Crippen molar-refractivity contribution in [1.29, 1.82) is 0 Å². The molecule has 0 bridgehead atoms. The van der Waals surface area contributed by atoms with Crippen LogP contribution in [0, 0.1) is 11.8 Å². The molecule has 1 aliphatic carbocycles. The van der Waals surface area contributed by atoms with Gasteiger partial charge < -0.3 is 4.90 Å². The molecular weight excluding hydrogens is 146 g/mol. The number of hydrogen-bond donors (Lipinski definition) is 0. The second-order valence-electron chi connectivity index (χ2n) is 4.21. The van der Waals surface area contributed by atoms with Gasteiger partial charge in [-0.1, -0.05) is 27.2 Å². The van der Waals surface area contributed by atoms with Crippen molar-refractivity contribution in [1.82, 2.24) is 4.90 Å². The fourth-order valence-corrected chi connectivity index (χ4v) is 2.03. The summed E-state index contributed by atoms with van der Waals surface area (Å²) >= 11 is 0. The lowest BCUT2D eigenvalue weighted by Gasteiger charge is -2.37. The molecule has 1 saturated carbocycles. The molecule has 0 aromatic rings. The molecule has 1 unspecified atom stereocenters. The standard InChI is InChI=1S/C11H23N/c1-4-8-12(5-2)9-11-7-6-10(11)3/h10-11H,4-9H2,1-3H3/t10?,11-/m1/s1. The highest BCUT2D eigenvalue weighted by molar-refractivity contribution is 4.79. The van der Waals surface area contributed by atoms with E-state index in [9.17, 15) is 0 Å². The van der Waals surface area contributed by atoms with E-state index in [2.05, 4.69) is 25.7 Å². The Bertz CT molecular complexity index is 122. The van der Waals surface area contributed by atoms with E-state index in [0.29, 0.717) is 0 Å². The summed E-state index contributed by atoms with van der Waals surface area (Å²) < 4.78 is 0. The molecule has 12 heavy (non-hydrogen) atoms. The van der Waals surface area contributed by atoms with Crippen LogP contribution in [-0.2, 0) is 0 Å². The summed E-state index contributed by atoms with van der Waals surface area (Å²) in [4.78, 5) is 2.60. The minimum atomic E-state index is 0.996. The van der Waals surface area contributed by atoms with E-state index in [1.54, 1.807) is 0 Å². The maximum absolute atomic E-state index is 2.60. The predicted molar refractivity (Wildman–Crippen MR) is 54.3 cm³/mol. The van der Waals surface area contributed by atoms with Crippen molar-refractivity contribution >= 4 is 0 Å². The van der Waals surface area contributed by atoms with Gasteiger partial charge in [0.2, 0.25) is 0 Å². The van der Waals surface area contributed by atoms with E-state index in [1.165, 1.54) is 38.9 Å². The van der Waals surface area contributed by atoms with Gasteiger partial charge in [0.25, 0.3) is 0 Å². The summed E-state index contributed by atoms with van der Waals surface area (Å²) in [5, 5.41) is 0. The number of hydrogen-bond acceptors (Lipinski definition) is 1. The van der Waals surface area contributed by atoms with Crippen molar-refractivity contribution in [3.8, 4) is 0 Å². The molecule has 1 heteroatoms. The maximum Gasteiger partial charge on any atom is 0.00121 e. The van der Waals surface area contributed by atoms with E-state index in [4.69, 9.17) is 0 Å². The molecule has 0 radical (unpaired) electrons. The lowest BCUT2D eigenvalue weighted by molar-refractivity contribution is 0.124. The normalized spacial score (nSPS) is 29.0. The molecule has 0 amide bonds. The zero-order valence-corrected chi connectivity index (χ0v) is 8.84. The van der Waals surface area contributed by atoms with Gasteiger partial charge in [-0.05, 0) is 37.8 Å². The molecule has 1 fully saturated rings. The van der Waals surface area contributed by atoms with Gasteiger partial charge in [0.1, 0.15) is 0 Å². The Morgan fingerprint density at radius 3 is 2.33 bits per heavy atom. The van der Waals surface area contributed by atoms with Crippen LogP contribution in [0.3, 0.4) is 0 Å². The maximum atomic E-state index is 2.60. The molecule has 0 aromatic carbocycles. The lowest BCUT2D eigenvalue weighted by atomic mass is 9.75. The van der Waals surface area contributed by atoms with Crippen LogP contribution in [0.5, 0.6) is 0 Å². The first-order valence-corrected chi connectivity index (χ1v) is 5.50. The third-order valence-corrected chi connectivity index (χ3v) is 3.28. The van der Waals surface area contributed by atoms with Crippen LogP contribution in [0.4, 0.5) is 0 Å². The van der Waals surface area contributed by atoms with E-state index in [-0.39, 0.29) is 0 Å². The Balaban J connectivity index is 2.17. The van der Waals surface area contributed by atoms with Gasteiger partial charge in [-0.15, -0.1) is 0 Å². The van der Waals surface area contributed by atoms with Gasteiger partial charge in [0.15, 0.2) is 0 Å². The first kappa shape index (κ1) is 10.0. The second-order valence-corrected chi connectivity index (χ2v) is 4.21. The predicted octanol–water partition coefficient (Wildman–Crippen LogP) is 2.76. The van der Waals surface area contributed by atoms with Gasteiger partial charge in [-0.3, -0.25) is 0 Å². The Morgan fingerprint density at radius 2 is 2.00 bits per heavy atom. The van der Waals surface area contributed by atoms with Crippen molar-refractivity contribution in [2.45, 2.75) is 40.0 Å². The zero-order chi connectivity index (χ0) is 8.97. The molecule has 0 saturated heterocycles. The van der Waals surface area contributed by atoms with Gasteiger partial charge in [-0.25, -0.2) is 0 Å². The minimum Gasteiger partial charge on any atom is -0.303 e. The SMILES string of the molecule is CCCN(CC)C[C@H]1CCC1C. The Hall–Kier alpha value is -0.0400. The smallest absolute Gasteiger partial charge is 0.00121 e. The van der Waals surface area contributed by atoms with E-state index < -0.39 is 0 Å². The average Bonchev–Trinajstić information content (AvgIpc) is 2.09. The molecule has 0 heterocycles. The largest absolute Gasteiger partial charge is 0.303 e. The molecule has 1 aliphatic rings. The quantitative estimate of drug-likeness (QED) is 0.611. The Labute approximate surface area is 77.1 Å². The van der Waals surface area contributed by atoms with E-state index in [1.807, 2.05) is 0 Å². The van der Waals surface area contributed by atoms with Gasteiger partial charge in [0.05, 0.1) is 0 Å². The third-order valence-electron chi connectivity index (χ3n) is 3.28. The van der Waals surface area contributed by atoms with Gasteiger partial charge in [-0.2, -0.15) is 0 Å². The topological polar surface area (TPSA) is 3.24 Å². The summed E-state index contributed by atoms with van der Waals surface area (Å²) in [5.41, 5.74) is 0. The molecule has 0 aromatic heterocycles. The van der Waals surface area contributed by atoms with Crippen molar-refractivity contribution < 1.29 is 0 Å². The summed E-state index contributed by atoms with van der Waals surface area (Å²) in [6, 6.07) is 0. The highest BCUT2D eigenvalue weighted by Gasteiger charge is 2.27. The van der Waals surface area contributed by atoms with Crippen LogP contribution in [-0.4, -0.2) is 24.5 Å². The van der Waals surface area contributed by atoms with Crippen molar-refractivity contribution in [2.24, 2.45) is 11.8 Å². The second kappa shape index (κ2) is 4.86. The van der Waals surface area contributed by atoms with Crippen molar-refractivity contribution in [3.63, 3.8) is 0 Å². The minimum absolute atomic E-state index is 0.996. The lowest BCUT2D eigenvalue weighted by Crippen LogP contribution is -2.37. The van der Waals surface area contributed by atoms with E-state index in [0.717, 1.165) is 11.8 Å². The zero-order valence-electron chi connectivity index (χ0n) is 8.84. The summed E-state index contributed by atoms with van der Waals surface area (Å²) in [7, 11) is 0. The summed E-state index contributed by atoms with van der Waals surface area (Å²) in [6.07, 6.45) is 4.24. The van der Waals surface area contributed by atoms with Crippen LogP contribution in [0.25, 0.3) is 0 Å². The van der Waals surface area contributed by atoms with Crippen LogP contribution in [0.15, 0.2) is 0 Å². The van der Waals surface area contributed by atoms with Crippen LogP contribution >= 0.6 is 0 Å². The summed E-state index contributed by atoms with van der Waals surface area (Å²) in [5.74, 6) is 2.01. The van der Waals surface area contributed by atoms with Crippen molar-refractivity contribution in [3.05, 3.63) is 0 Å². The first-order valence-electron chi connectivity index (χ1n) is 5.50. The average molecular weight is 169 g/mol. The molecule has 72 valence electrons. The fraction of sp³-hybridized carbons (Fsp3) is 1.00. The van der Waals surface area contributed by atoms with Crippen LogP contribution < -0.4 is 0 Å². The molecule has 0 N–H and O–H groups in total. The molecule has 2 atom stereocenters. The highest BCUT2D eigenvalue weighted by atomic mass is 15.1. The van der Waals surface area contributed by atoms with Crippen LogP contribution in [0.1, 0.15) is 40.0 Å². The molecule has 0 aliphatic heterocycles. The van der Waals surface area contributed by atoms with Crippen molar-refractivity contribution in [2.75, 3.05) is 19.6 Å². The highest BCUT2D eigenvalue weighted by Crippen LogP contribution is 2.33. The Kier molecular flexibility index (Phi) is 4.07. The fourth-order valence-electron chi connectivity index (χ4n) is 2.03. The molecule has 1 nitrogen and oxygen atoms in total.